The van der Waals surface area contributed by atoms with Crippen molar-refractivity contribution in [3.8, 4) is 11.1 Å². The molecule has 1 heterocycles. The highest BCUT2D eigenvalue weighted by Crippen LogP contribution is 2.23. The first-order valence-electron chi connectivity index (χ1n) is 6.04. The van der Waals surface area contributed by atoms with E-state index in [9.17, 15) is 18.0 Å². The number of hydrogen-bond donors (Lipinski definition) is 2. The van der Waals surface area contributed by atoms with E-state index in [1.165, 1.54) is 18.2 Å². The summed E-state index contributed by atoms with van der Waals surface area (Å²) in [6, 6.07) is 7.58. The van der Waals surface area contributed by atoms with Crippen LogP contribution in [0.3, 0.4) is 0 Å². The topological polar surface area (TPSA) is 110 Å². The van der Waals surface area contributed by atoms with Gasteiger partial charge in [0.25, 0.3) is 11.5 Å². The summed E-state index contributed by atoms with van der Waals surface area (Å²) in [6.45, 7) is 1.69. The molecule has 0 saturated heterocycles. The van der Waals surface area contributed by atoms with Crippen molar-refractivity contribution < 1.29 is 13.2 Å². The van der Waals surface area contributed by atoms with Gasteiger partial charge in [0.1, 0.15) is 5.56 Å². The molecule has 2 rings (SSSR count). The second kappa shape index (κ2) is 5.17. The molecule has 1 amide bonds. The Bertz CT molecular complexity index is 865. The maximum Gasteiger partial charge on any atom is 0.261 e. The molecular weight excluding hydrogens is 292 g/mol. The lowest BCUT2D eigenvalue weighted by Crippen LogP contribution is -2.24. The molecule has 0 atom stereocenters. The SMILES string of the molecule is Cc1[nH]c(=O)c(C(N)=O)cc1-c1ccc(S(C)(=O)=O)cc1. The fraction of sp³-hybridized carbons (Fsp3) is 0.143. The van der Waals surface area contributed by atoms with Crippen LogP contribution in [0.1, 0.15) is 16.1 Å². The van der Waals surface area contributed by atoms with Gasteiger partial charge in [0, 0.05) is 17.5 Å². The average molecular weight is 306 g/mol. The minimum Gasteiger partial charge on any atom is -0.365 e. The number of aromatic nitrogens is 1. The van der Waals surface area contributed by atoms with Crippen molar-refractivity contribution in [1.29, 1.82) is 0 Å². The third-order valence-corrected chi connectivity index (χ3v) is 4.23. The number of nitrogens with one attached hydrogen (secondary N) is 1. The van der Waals surface area contributed by atoms with E-state index in [-0.39, 0.29) is 10.5 Å². The fourth-order valence-electron chi connectivity index (χ4n) is 1.99. The number of rotatable bonds is 3. The van der Waals surface area contributed by atoms with Crippen LogP contribution in [0, 0.1) is 6.92 Å². The number of H-pyrrole nitrogens is 1. The Morgan fingerprint density at radius 1 is 1.19 bits per heavy atom. The maximum atomic E-state index is 11.6. The summed E-state index contributed by atoms with van der Waals surface area (Å²) in [7, 11) is -3.27. The van der Waals surface area contributed by atoms with Crippen LogP contribution in [-0.2, 0) is 9.84 Å². The molecule has 0 aliphatic rings. The van der Waals surface area contributed by atoms with Crippen LogP contribution in [0.4, 0.5) is 0 Å². The van der Waals surface area contributed by atoms with Crippen molar-refractivity contribution in [3.05, 3.63) is 51.9 Å². The Hall–Kier alpha value is -2.41. The van der Waals surface area contributed by atoms with E-state index in [4.69, 9.17) is 5.73 Å². The molecule has 0 radical (unpaired) electrons. The molecule has 21 heavy (non-hydrogen) atoms. The van der Waals surface area contributed by atoms with Gasteiger partial charge < -0.3 is 10.7 Å². The van der Waals surface area contributed by atoms with E-state index in [1.54, 1.807) is 19.1 Å². The predicted octanol–water partition coefficient (Wildman–Crippen LogP) is 0.853. The molecule has 0 aliphatic heterocycles. The number of carbonyl (C=O) groups is 1. The Morgan fingerprint density at radius 2 is 1.76 bits per heavy atom. The summed E-state index contributed by atoms with van der Waals surface area (Å²) in [6.07, 6.45) is 1.12. The van der Waals surface area contributed by atoms with Crippen molar-refractivity contribution in [2.24, 2.45) is 5.73 Å². The number of aryl methyl sites for hydroxylation is 1. The van der Waals surface area contributed by atoms with Gasteiger partial charge in [0.15, 0.2) is 9.84 Å². The predicted molar refractivity (Wildman–Crippen MR) is 78.9 cm³/mol. The number of benzene rings is 1. The van der Waals surface area contributed by atoms with Crippen molar-refractivity contribution in [3.63, 3.8) is 0 Å². The fourth-order valence-corrected chi connectivity index (χ4v) is 2.62. The van der Waals surface area contributed by atoms with E-state index < -0.39 is 21.3 Å². The standard InChI is InChI=1S/C14H14N2O4S/c1-8-11(7-12(13(15)17)14(18)16-8)9-3-5-10(6-4-9)21(2,19)20/h3-7H,1-2H3,(H2,15,17)(H,16,18). The highest BCUT2D eigenvalue weighted by atomic mass is 32.2. The third kappa shape index (κ3) is 3.03. The number of hydrogen-bond acceptors (Lipinski definition) is 4. The number of nitrogens with two attached hydrogens (primary N) is 1. The van der Waals surface area contributed by atoms with E-state index in [0.717, 1.165) is 6.26 Å². The summed E-state index contributed by atoms with van der Waals surface area (Å²) in [5, 5.41) is 0. The van der Waals surface area contributed by atoms with Crippen LogP contribution in [0.5, 0.6) is 0 Å². The monoisotopic (exact) mass is 306 g/mol. The second-order valence-corrected chi connectivity index (χ2v) is 6.73. The maximum absolute atomic E-state index is 11.6. The van der Waals surface area contributed by atoms with Gasteiger partial charge in [-0.3, -0.25) is 9.59 Å². The van der Waals surface area contributed by atoms with Gasteiger partial charge in [-0.05, 0) is 30.7 Å². The molecule has 1 aromatic heterocycles. The highest BCUT2D eigenvalue weighted by molar-refractivity contribution is 7.90. The number of pyridine rings is 1. The van der Waals surface area contributed by atoms with Crippen LogP contribution < -0.4 is 11.3 Å². The molecular formula is C14H14N2O4S. The Morgan fingerprint density at radius 3 is 2.24 bits per heavy atom. The third-order valence-electron chi connectivity index (χ3n) is 3.10. The molecule has 6 nitrogen and oxygen atoms in total. The van der Waals surface area contributed by atoms with Gasteiger partial charge in [-0.2, -0.15) is 0 Å². The lowest BCUT2D eigenvalue weighted by Gasteiger charge is -2.08. The molecule has 0 saturated carbocycles. The molecule has 0 spiro atoms. The summed E-state index contributed by atoms with van der Waals surface area (Å²) in [5.41, 5.74) is 6.33. The van der Waals surface area contributed by atoms with Gasteiger partial charge in [-0.15, -0.1) is 0 Å². The quantitative estimate of drug-likeness (QED) is 0.875. The van der Waals surface area contributed by atoms with Gasteiger partial charge >= 0.3 is 0 Å². The lowest BCUT2D eigenvalue weighted by molar-refractivity contribution is 0.0999. The molecule has 0 bridgehead atoms. The summed E-state index contributed by atoms with van der Waals surface area (Å²) < 4.78 is 22.9. The molecule has 7 heteroatoms. The Kier molecular flexibility index (Phi) is 3.69. The van der Waals surface area contributed by atoms with E-state index >= 15 is 0 Å². The first-order chi connectivity index (χ1) is 9.70. The van der Waals surface area contributed by atoms with Gasteiger partial charge in [-0.1, -0.05) is 12.1 Å². The van der Waals surface area contributed by atoms with Crippen molar-refractivity contribution in [2.75, 3.05) is 6.26 Å². The van der Waals surface area contributed by atoms with Crippen LogP contribution in [0.15, 0.2) is 40.0 Å². The van der Waals surface area contributed by atoms with Gasteiger partial charge in [0.2, 0.25) is 0 Å². The van der Waals surface area contributed by atoms with Crippen LogP contribution in [0.2, 0.25) is 0 Å². The van der Waals surface area contributed by atoms with Crippen molar-refractivity contribution in [1.82, 2.24) is 4.98 Å². The Labute approximate surface area is 121 Å². The number of carbonyl (C=O) groups excluding carboxylic acids is 1. The number of aromatic amines is 1. The van der Waals surface area contributed by atoms with E-state index in [1.807, 2.05) is 0 Å². The molecule has 0 aliphatic carbocycles. The van der Waals surface area contributed by atoms with E-state index in [2.05, 4.69) is 4.98 Å². The minimum atomic E-state index is -3.27. The zero-order valence-corrected chi connectivity index (χ0v) is 12.3. The van der Waals surface area contributed by atoms with Crippen LogP contribution in [0.25, 0.3) is 11.1 Å². The molecule has 3 N–H and O–H groups in total. The van der Waals surface area contributed by atoms with Crippen molar-refractivity contribution >= 4 is 15.7 Å². The first-order valence-corrected chi connectivity index (χ1v) is 7.93. The van der Waals surface area contributed by atoms with E-state index in [0.29, 0.717) is 16.8 Å². The number of primary amides is 1. The molecule has 110 valence electrons. The number of amides is 1. The van der Waals surface area contributed by atoms with Crippen molar-refractivity contribution in [2.45, 2.75) is 11.8 Å². The van der Waals surface area contributed by atoms with Gasteiger partial charge in [-0.25, -0.2) is 8.42 Å². The lowest BCUT2D eigenvalue weighted by atomic mass is 10.0. The summed E-state index contributed by atoms with van der Waals surface area (Å²) in [4.78, 5) is 25.6. The zero-order chi connectivity index (χ0) is 15.8. The van der Waals surface area contributed by atoms with Crippen LogP contribution >= 0.6 is 0 Å². The Balaban J connectivity index is 2.59. The van der Waals surface area contributed by atoms with Crippen LogP contribution in [-0.4, -0.2) is 25.6 Å². The molecule has 2 aromatic rings. The minimum absolute atomic E-state index is 0.136. The zero-order valence-electron chi connectivity index (χ0n) is 11.5. The summed E-state index contributed by atoms with van der Waals surface area (Å²) in [5.74, 6) is -0.815. The average Bonchev–Trinajstić information content (AvgIpc) is 2.37. The molecule has 0 unspecified atom stereocenters. The summed E-state index contributed by atoms with van der Waals surface area (Å²) >= 11 is 0. The normalized spacial score (nSPS) is 11.3. The highest BCUT2D eigenvalue weighted by Gasteiger charge is 2.13. The number of sulfone groups is 1. The van der Waals surface area contributed by atoms with Gasteiger partial charge in [0.05, 0.1) is 4.90 Å². The molecule has 0 fully saturated rings. The largest absolute Gasteiger partial charge is 0.365 e. The molecule has 1 aromatic carbocycles. The first kappa shape index (κ1) is 15.0. The smallest absolute Gasteiger partial charge is 0.261 e. The second-order valence-electron chi connectivity index (χ2n) is 4.71.